The van der Waals surface area contributed by atoms with Gasteiger partial charge in [-0.3, -0.25) is 14.9 Å². The van der Waals surface area contributed by atoms with Crippen LogP contribution in [0.3, 0.4) is 0 Å². The van der Waals surface area contributed by atoms with Crippen molar-refractivity contribution in [2.24, 2.45) is 0 Å². The molecule has 0 amide bonds. The van der Waals surface area contributed by atoms with Crippen LogP contribution in [0.15, 0.2) is 59.8 Å². The van der Waals surface area contributed by atoms with Crippen LogP contribution in [0.5, 0.6) is 0 Å². The first kappa shape index (κ1) is 18.5. The van der Waals surface area contributed by atoms with E-state index >= 15 is 0 Å². The van der Waals surface area contributed by atoms with Gasteiger partial charge in [-0.2, -0.15) is 4.98 Å². The quantitative estimate of drug-likeness (QED) is 0.492. The van der Waals surface area contributed by atoms with Crippen LogP contribution >= 0.6 is 11.6 Å². The normalized spacial score (nSPS) is 17.9. The maximum Gasteiger partial charge on any atom is 0.270 e. The Balaban J connectivity index is 1.68. The maximum atomic E-state index is 12.9. The molecule has 1 aliphatic heterocycles. The zero-order valence-electron chi connectivity index (χ0n) is 15.7. The highest BCUT2D eigenvalue weighted by Gasteiger charge is 2.37. The third kappa shape index (κ3) is 2.96. The number of non-ortho nitro benzene ring substituents is 1. The topological polar surface area (TPSA) is 103 Å². The molecule has 0 saturated carbocycles. The highest BCUT2D eigenvalue weighted by molar-refractivity contribution is 6.31. The third-order valence-corrected chi connectivity index (χ3v) is 5.73. The number of aromatic nitrogens is 3. The molecule has 30 heavy (non-hydrogen) atoms. The Morgan fingerprint density at radius 2 is 2.00 bits per heavy atom. The first-order chi connectivity index (χ1) is 14.5. The standard InChI is InChI=1S/C21H16ClN5O3/c22-15-8-2-1-7-14(15)19-18-16(9-4-10-17(18)28)23-21-24-20(25-26(19)21)12-5-3-6-13(11-12)27(29)30/h1-3,5-8,11,19H,4,9-10H2,(H,23,24,25). The highest BCUT2D eigenvalue weighted by atomic mass is 35.5. The number of allylic oxidation sites excluding steroid dienone is 2. The average molecular weight is 422 g/mol. The lowest BCUT2D eigenvalue weighted by molar-refractivity contribution is -0.384. The minimum absolute atomic E-state index is 0.0384. The number of fused-ring (bicyclic) bond motifs is 1. The van der Waals surface area contributed by atoms with Gasteiger partial charge in [0.15, 0.2) is 11.6 Å². The second-order valence-electron chi connectivity index (χ2n) is 7.23. The largest absolute Gasteiger partial charge is 0.328 e. The molecular weight excluding hydrogens is 406 g/mol. The molecule has 1 aliphatic carbocycles. The predicted molar refractivity (Wildman–Crippen MR) is 111 cm³/mol. The van der Waals surface area contributed by atoms with Crippen LogP contribution in [0.25, 0.3) is 11.4 Å². The monoisotopic (exact) mass is 421 g/mol. The smallest absolute Gasteiger partial charge is 0.270 e. The Bertz CT molecular complexity index is 1230. The summed E-state index contributed by atoms with van der Waals surface area (Å²) in [6.07, 6.45) is 1.98. The molecule has 3 aromatic rings. The number of nitrogens with one attached hydrogen (secondary N) is 1. The summed E-state index contributed by atoms with van der Waals surface area (Å²) in [6, 6.07) is 13.0. The number of nitrogens with zero attached hydrogens (tertiary/aromatic N) is 4. The summed E-state index contributed by atoms with van der Waals surface area (Å²) in [6.45, 7) is 0. The number of halogens is 1. The molecule has 1 N–H and O–H groups in total. The summed E-state index contributed by atoms with van der Waals surface area (Å²) < 4.78 is 1.65. The summed E-state index contributed by atoms with van der Waals surface area (Å²) >= 11 is 6.49. The van der Waals surface area contributed by atoms with Crippen molar-refractivity contribution < 1.29 is 9.72 Å². The Kier molecular flexibility index (Phi) is 4.36. The summed E-state index contributed by atoms with van der Waals surface area (Å²) in [7, 11) is 0. The maximum absolute atomic E-state index is 12.9. The zero-order chi connectivity index (χ0) is 20.8. The van der Waals surface area contributed by atoms with Crippen molar-refractivity contribution in [1.29, 1.82) is 0 Å². The molecule has 1 unspecified atom stereocenters. The lowest BCUT2D eigenvalue weighted by Crippen LogP contribution is -2.31. The van der Waals surface area contributed by atoms with E-state index in [1.165, 1.54) is 12.1 Å². The number of rotatable bonds is 3. The molecule has 9 heteroatoms. The molecule has 2 aromatic carbocycles. The number of carbonyl (C=O) groups is 1. The number of ketones is 1. The van der Waals surface area contributed by atoms with Gasteiger partial charge in [0.05, 0.1) is 4.92 Å². The molecule has 0 spiro atoms. The van der Waals surface area contributed by atoms with Crippen molar-refractivity contribution in [2.45, 2.75) is 25.3 Å². The molecule has 150 valence electrons. The molecule has 0 saturated heterocycles. The minimum Gasteiger partial charge on any atom is -0.328 e. The van der Waals surface area contributed by atoms with Gasteiger partial charge >= 0.3 is 0 Å². The van der Waals surface area contributed by atoms with E-state index in [1.54, 1.807) is 22.9 Å². The van der Waals surface area contributed by atoms with Crippen molar-refractivity contribution >= 4 is 29.0 Å². The van der Waals surface area contributed by atoms with E-state index in [0.29, 0.717) is 34.4 Å². The summed E-state index contributed by atoms with van der Waals surface area (Å²) in [5, 5.41) is 19.6. The van der Waals surface area contributed by atoms with Gasteiger partial charge in [0, 0.05) is 46.0 Å². The van der Waals surface area contributed by atoms with Crippen LogP contribution in [0.4, 0.5) is 11.6 Å². The van der Waals surface area contributed by atoms with Gasteiger partial charge in [-0.25, -0.2) is 4.68 Å². The van der Waals surface area contributed by atoms with E-state index in [2.05, 4.69) is 15.4 Å². The number of carbonyl (C=O) groups excluding carboxylic acids is 1. The fraction of sp³-hybridized carbons (Fsp3) is 0.190. The second-order valence-corrected chi connectivity index (χ2v) is 7.64. The zero-order valence-corrected chi connectivity index (χ0v) is 16.5. The Hall–Kier alpha value is -3.52. The lowest BCUT2D eigenvalue weighted by Gasteiger charge is -2.32. The molecule has 0 radical (unpaired) electrons. The van der Waals surface area contributed by atoms with E-state index in [9.17, 15) is 14.9 Å². The van der Waals surface area contributed by atoms with Gasteiger partial charge in [0.1, 0.15) is 6.04 Å². The van der Waals surface area contributed by atoms with E-state index in [1.807, 2.05) is 18.2 Å². The SMILES string of the molecule is O=C1CCCC2=C1C(c1ccccc1Cl)n1nc(-c3cccc([N+](=O)[O-])c3)nc1N2. The fourth-order valence-electron chi connectivity index (χ4n) is 4.02. The number of hydrogen-bond donors (Lipinski definition) is 1. The molecule has 2 aliphatic rings. The summed E-state index contributed by atoms with van der Waals surface area (Å²) in [5.74, 6) is 0.882. The van der Waals surface area contributed by atoms with Crippen LogP contribution in [0.1, 0.15) is 30.9 Å². The molecule has 0 fully saturated rings. The van der Waals surface area contributed by atoms with Crippen LogP contribution < -0.4 is 5.32 Å². The molecular formula is C21H16ClN5O3. The number of anilines is 1. The van der Waals surface area contributed by atoms with E-state index in [0.717, 1.165) is 24.1 Å². The fourth-order valence-corrected chi connectivity index (χ4v) is 4.26. The van der Waals surface area contributed by atoms with Crippen LogP contribution in [-0.4, -0.2) is 25.5 Å². The molecule has 1 atom stereocenters. The van der Waals surface area contributed by atoms with Gasteiger partial charge in [0.2, 0.25) is 5.95 Å². The summed E-state index contributed by atoms with van der Waals surface area (Å²) in [5.41, 5.74) is 2.73. The van der Waals surface area contributed by atoms with Gasteiger partial charge in [-0.1, -0.05) is 41.9 Å². The number of Topliss-reactive ketones (excluding diaryl/α,β-unsaturated/α-hetero) is 1. The van der Waals surface area contributed by atoms with Gasteiger partial charge in [0.25, 0.3) is 5.69 Å². The van der Waals surface area contributed by atoms with Crippen molar-refractivity contribution in [3.63, 3.8) is 0 Å². The van der Waals surface area contributed by atoms with E-state index < -0.39 is 11.0 Å². The minimum atomic E-state index is -0.502. The van der Waals surface area contributed by atoms with Crippen LogP contribution in [-0.2, 0) is 4.79 Å². The van der Waals surface area contributed by atoms with Crippen LogP contribution in [0.2, 0.25) is 5.02 Å². The highest BCUT2D eigenvalue weighted by Crippen LogP contribution is 2.42. The molecule has 0 bridgehead atoms. The Morgan fingerprint density at radius 1 is 1.17 bits per heavy atom. The van der Waals surface area contributed by atoms with E-state index in [-0.39, 0.29) is 11.5 Å². The Morgan fingerprint density at radius 3 is 2.80 bits per heavy atom. The predicted octanol–water partition coefficient (Wildman–Crippen LogP) is 4.53. The second kappa shape index (κ2) is 7.07. The first-order valence-corrected chi connectivity index (χ1v) is 9.90. The lowest BCUT2D eigenvalue weighted by atomic mass is 9.85. The number of nitro groups is 1. The van der Waals surface area contributed by atoms with Crippen LogP contribution in [0, 0.1) is 10.1 Å². The van der Waals surface area contributed by atoms with Crippen molar-refractivity contribution in [1.82, 2.24) is 14.8 Å². The number of benzene rings is 2. The Labute approximate surface area is 176 Å². The molecule has 1 aromatic heterocycles. The van der Waals surface area contributed by atoms with E-state index in [4.69, 9.17) is 11.6 Å². The van der Waals surface area contributed by atoms with Crippen molar-refractivity contribution in [3.8, 4) is 11.4 Å². The molecule has 5 rings (SSSR count). The van der Waals surface area contributed by atoms with Crippen molar-refractivity contribution in [3.05, 3.63) is 80.5 Å². The van der Waals surface area contributed by atoms with Gasteiger partial charge in [-0.05, 0) is 18.9 Å². The third-order valence-electron chi connectivity index (χ3n) is 5.38. The summed E-state index contributed by atoms with van der Waals surface area (Å²) in [4.78, 5) is 28.1. The van der Waals surface area contributed by atoms with Gasteiger partial charge in [-0.15, -0.1) is 5.10 Å². The number of nitro benzene ring substituents is 1. The molecule has 8 nitrogen and oxygen atoms in total. The first-order valence-electron chi connectivity index (χ1n) is 9.52. The molecule has 2 heterocycles. The van der Waals surface area contributed by atoms with Gasteiger partial charge < -0.3 is 5.32 Å². The number of hydrogen-bond acceptors (Lipinski definition) is 6. The average Bonchev–Trinajstić information content (AvgIpc) is 3.17. The van der Waals surface area contributed by atoms with Crippen molar-refractivity contribution in [2.75, 3.05) is 5.32 Å².